The molecule has 5 heteroatoms. The highest BCUT2D eigenvalue weighted by Crippen LogP contribution is 2.16. The monoisotopic (exact) mass is 235 g/mol. The van der Waals surface area contributed by atoms with E-state index in [0.717, 1.165) is 31.0 Å². The van der Waals surface area contributed by atoms with Crippen LogP contribution in [0.15, 0.2) is 12.4 Å². The number of carbonyl (C=O) groups is 1. The number of rotatable bonds is 4. The number of hydrogen-bond donors (Lipinski definition) is 0. The lowest BCUT2D eigenvalue weighted by atomic mass is 10.1. The average molecular weight is 235 g/mol. The largest absolute Gasteiger partial charge is 0.384 e. The van der Waals surface area contributed by atoms with E-state index in [9.17, 15) is 4.79 Å². The molecule has 1 aromatic heterocycles. The molecule has 1 saturated heterocycles. The van der Waals surface area contributed by atoms with Crippen LogP contribution in [-0.4, -0.2) is 42.6 Å². The fraction of sp³-hybridized carbons (Fsp3) is 0.583. The molecule has 0 radical (unpaired) electrons. The Labute approximate surface area is 101 Å². The van der Waals surface area contributed by atoms with Crippen LogP contribution >= 0.6 is 0 Å². The van der Waals surface area contributed by atoms with Gasteiger partial charge in [0.25, 0.3) is 0 Å². The van der Waals surface area contributed by atoms with E-state index >= 15 is 0 Å². The molecule has 0 atom stereocenters. The molecule has 2 rings (SSSR count). The summed E-state index contributed by atoms with van der Waals surface area (Å²) in [7, 11) is 1.68. The Bertz CT molecular complexity index is 385. The third-order valence-corrected chi connectivity index (χ3v) is 2.92. The number of ketones is 1. The smallest absolute Gasteiger partial charge is 0.136 e. The van der Waals surface area contributed by atoms with Crippen LogP contribution in [-0.2, 0) is 16.0 Å². The van der Waals surface area contributed by atoms with Gasteiger partial charge < -0.3 is 9.64 Å². The standard InChI is InChI=1S/C12H17N3O2/c1-17-7-4-10-8-12(14-9-13-10)15-5-2-11(16)3-6-15/h8-9H,2-7H2,1H3. The molecule has 0 amide bonds. The molecular weight excluding hydrogens is 218 g/mol. The van der Waals surface area contributed by atoms with Gasteiger partial charge in [-0.05, 0) is 0 Å². The van der Waals surface area contributed by atoms with Crippen LogP contribution in [0.5, 0.6) is 0 Å². The second-order valence-electron chi connectivity index (χ2n) is 4.14. The van der Waals surface area contributed by atoms with Gasteiger partial charge in [0.15, 0.2) is 0 Å². The molecule has 1 aromatic rings. The lowest BCUT2D eigenvalue weighted by Crippen LogP contribution is -2.34. The number of aromatic nitrogens is 2. The minimum atomic E-state index is 0.343. The molecular formula is C12H17N3O2. The molecule has 1 aliphatic heterocycles. The van der Waals surface area contributed by atoms with Gasteiger partial charge in [-0.25, -0.2) is 9.97 Å². The Hall–Kier alpha value is -1.49. The maximum atomic E-state index is 11.2. The zero-order valence-electron chi connectivity index (χ0n) is 10.1. The van der Waals surface area contributed by atoms with Crippen LogP contribution in [0.2, 0.25) is 0 Å². The SMILES string of the molecule is COCCc1cc(N2CCC(=O)CC2)ncn1. The summed E-state index contributed by atoms with van der Waals surface area (Å²) < 4.78 is 5.03. The Balaban J connectivity index is 2.02. The fourth-order valence-electron chi connectivity index (χ4n) is 1.89. The molecule has 0 unspecified atom stereocenters. The zero-order chi connectivity index (χ0) is 12.1. The Kier molecular flexibility index (Phi) is 4.03. The van der Waals surface area contributed by atoms with Gasteiger partial charge in [-0.15, -0.1) is 0 Å². The van der Waals surface area contributed by atoms with Crippen molar-refractivity contribution in [1.82, 2.24) is 9.97 Å². The molecule has 0 aliphatic carbocycles. The van der Waals surface area contributed by atoms with Crippen LogP contribution < -0.4 is 4.90 Å². The van der Waals surface area contributed by atoms with E-state index in [-0.39, 0.29) is 0 Å². The highest BCUT2D eigenvalue weighted by molar-refractivity contribution is 5.80. The molecule has 0 N–H and O–H groups in total. The maximum absolute atomic E-state index is 11.2. The summed E-state index contributed by atoms with van der Waals surface area (Å²) in [5.41, 5.74) is 0.980. The number of Topliss-reactive ketones (excluding diaryl/α,β-unsaturated/α-hetero) is 1. The van der Waals surface area contributed by atoms with E-state index in [2.05, 4.69) is 14.9 Å². The maximum Gasteiger partial charge on any atom is 0.136 e. The van der Waals surface area contributed by atoms with Gasteiger partial charge in [0, 0.05) is 51.2 Å². The van der Waals surface area contributed by atoms with Gasteiger partial charge in [0.2, 0.25) is 0 Å². The highest BCUT2D eigenvalue weighted by Gasteiger charge is 2.17. The molecule has 0 bridgehead atoms. The van der Waals surface area contributed by atoms with Crippen molar-refractivity contribution in [3.63, 3.8) is 0 Å². The number of nitrogens with zero attached hydrogens (tertiary/aromatic N) is 3. The first-order valence-corrected chi connectivity index (χ1v) is 5.86. The third-order valence-electron chi connectivity index (χ3n) is 2.92. The second kappa shape index (κ2) is 5.72. The zero-order valence-corrected chi connectivity index (χ0v) is 10.1. The molecule has 0 spiro atoms. The van der Waals surface area contributed by atoms with E-state index in [1.165, 1.54) is 0 Å². The molecule has 1 fully saturated rings. The number of piperidine rings is 1. The van der Waals surface area contributed by atoms with Crippen LogP contribution in [0, 0.1) is 0 Å². The molecule has 1 aliphatic rings. The number of hydrogen-bond acceptors (Lipinski definition) is 5. The van der Waals surface area contributed by atoms with Gasteiger partial charge in [0.05, 0.1) is 6.61 Å². The van der Waals surface area contributed by atoms with E-state index < -0.39 is 0 Å². The molecule has 2 heterocycles. The minimum absolute atomic E-state index is 0.343. The van der Waals surface area contributed by atoms with Crippen LogP contribution in [0.25, 0.3) is 0 Å². The van der Waals surface area contributed by atoms with E-state index in [1.54, 1.807) is 13.4 Å². The first-order chi connectivity index (χ1) is 8.29. The van der Waals surface area contributed by atoms with Gasteiger partial charge in [-0.3, -0.25) is 4.79 Å². The number of carbonyl (C=O) groups excluding carboxylic acids is 1. The third kappa shape index (κ3) is 3.23. The first-order valence-electron chi connectivity index (χ1n) is 5.86. The summed E-state index contributed by atoms with van der Waals surface area (Å²) in [4.78, 5) is 21.8. The second-order valence-corrected chi connectivity index (χ2v) is 4.14. The Morgan fingerprint density at radius 2 is 2.12 bits per heavy atom. The molecule has 17 heavy (non-hydrogen) atoms. The lowest BCUT2D eigenvalue weighted by molar-refractivity contribution is -0.119. The van der Waals surface area contributed by atoms with Gasteiger partial charge >= 0.3 is 0 Å². The van der Waals surface area contributed by atoms with Gasteiger partial charge in [-0.1, -0.05) is 0 Å². The molecule has 0 aromatic carbocycles. The normalized spacial score (nSPS) is 16.3. The predicted molar refractivity (Wildman–Crippen MR) is 64.1 cm³/mol. The summed E-state index contributed by atoms with van der Waals surface area (Å²) in [6, 6.07) is 1.98. The van der Waals surface area contributed by atoms with Crippen LogP contribution in [0.3, 0.4) is 0 Å². The molecule has 5 nitrogen and oxygen atoms in total. The van der Waals surface area contributed by atoms with E-state index in [4.69, 9.17) is 4.74 Å². The van der Waals surface area contributed by atoms with Crippen molar-refractivity contribution >= 4 is 11.6 Å². The van der Waals surface area contributed by atoms with Gasteiger partial charge in [0.1, 0.15) is 17.9 Å². The predicted octanol–water partition coefficient (Wildman–Crippen LogP) is 0.835. The number of methoxy groups -OCH3 is 1. The van der Waals surface area contributed by atoms with Crippen molar-refractivity contribution in [2.75, 3.05) is 31.7 Å². The van der Waals surface area contributed by atoms with Crippen molar-refractivity contribution in [3.05, 3.63) is 18.1 Å². The summed E-state index contributed by atoms with van der Waals surface area (Å²) in [6.45, 7) is 2.19. The lowest BCUT2D eigenvalue weighted by Gasteiger charge is -2.27. The molecule has 0 saturated carbocycles. The van der Waals surface area contributed by atoms with Crippen molar-refractivity contribution in [3.8, 4) is 0 Å². The van der Waals surface area contributed by atoms with Crippen LogP contribution in [0.1, 0.15) is 18.5 Å². The first kappa shape index (κ1) is 12.0. The summed E-state index contributed by atoms with van der Waals surface area (Å²) in [6.07, 6.45) is 3.62. The summed E-state index contributed by atoms with van der Waals surface area (Å²) >= 11 is 0. The number of ether oxygens (including phenoxy) is 1. The topological polar surface area (TPSA) is 55.3 Å². The molecule has 92 valence electrons. The quantitative estimate of drug-likeness (QED) is 0.774. The fourth-order valence-corrected chi connectivity index (χ4v) is 1.89. The van der Waals surface area contributed by atoms with E-state index in [1.807, 2.05) is 6.07 Å². The van der Waals surface area contributed by atoms with E-state index in [0.29, 0.717) is 25.2 Å². The summed E-state index contributed by atoms with van der Waals surface area (Å²) in [5.74, 6) is 1.26. The summed E-state index contributed by atoms with van der Waals surface area (Å²) in [5, 5.41) is 0. The van der Waals surface area contributed by atoms with Crippen LogP contribution in [0.4, 0.5) is 5.82 Å². The minimum Gasteiger partial charge on any atom is -0.384 e. The highest BCUT2D eigenvalue weighted by atomic mass is 16.5. The Morgan fingerprint density at radius 3 is 2.82 bits per heavy atom. The van der Waals surface area contributed by atoms with Crippen molar-refractivity contribution in [2.45, 2.75) is 19.3 Å². The Morgan fingerprint density at radius 1 is 1.35 bits per heavy atom. The number of anilines is 1. The van der Waals surface area contributed by atoms with Crippen molar-refractivity contribution < 1.29 is 9.53 Å². The average Bonchev–Trinajstić information content (AvgIpc) is 2.37. The van der Waals surface area contributed by atoms with Crippen molar-refractivity contribution in [2.24, 2.45) is 0 Å². The van der Waals surface area contributed by atoms with Gasteiger partial charge in [-0.2, -0.15) is 0 Å². The van der Waals surface area contributed by atoms with Crippen molar-refractivity contribution in [1.29, 1.82) is 0 Å².